The minimum absolute atomic E-state index is 0.181. The molecule has 8 nitrogen and oxygen atoms in total. The number of pyridine rings is 1. The van der Waals surface area contributed by atoms with Gasteiger partial charge in [0.05, 0.1) is 16.7 Å². The maximum Gasteiger partial charge on any atom is 0.293 e. The summed E-state index contributed by atoms with van der Waals surface area (Å²) < 4.78 is 0. The van der Waals surface area contributed by atoms with Crippen LogP contribution in [-0.4, -0.2) is 20.8 Å². The van der Waals surface area contributed by atoms with Gasteiger partial charge < -0.3 is 5.32 Å². The van der Waals surface area contributed by atoms with Crippen molar-refractivity contribution in [3.8, 4) is 0 Å². The first kappa shape index (κ1) is 17.5. The number of nitro benzene ring substituents is 1. The predicted octanol–water partition coefficient (Wildman–Crippen LogP) is 3.87. The van der Waals surface area contributed by atoms with Crippen LogP contribution in [0.5, 0.6) is 0 Å². The second kappa shape index (κ2) is 7.70. The van der Waals surface area contributed by atoms with E-state index < -0.39 is 10.8 Å². The fourth-order valence-corrected chi connectivity index (χ4v) is 2.86. The summed E-state index contributed by atoms with van der Waals surface area (Å²) in [5.74, 6) is -0.452. The summed E-state index contributed by atoms with van der Waals surface area (Å²) in [7, 11) is 0. The first-order chi connectivity index (χ1) is 12.5. The Kier molecular flexibility index (Phi) is 5.18. The van der Waals surface area contributed by atoms with Crippen LogP contribution in [0.1, 0.15) is 29.0 Å². The number of carbonyl (C=O) groups is 1. The van der Waals surface area contributed by atoms with E-state index >= 15 is 0 Å². The average molecular weight is 369 g/mol. The molecule has 0 aliphatic carbocycles. The van der Waals surface area contributed by atoms with Gasteiger partial charge >= 0.3 is 0 Å². The quantitative estimate of drug-likeness (QED) is 0.504. The summed E-state index contributed by atoms with van der Waals surface area (Å²) in [6.45, 7) is 1.86. The summed E-state index contributed by atoms with van der Waals surface area (Å²) in [5, 5.41) is 19.3. The van der Waals surface area contributed by atoms with Crippen molar-refractivity contribution in [2.24, 2.45) is 0 Å². The number of thiazole rings is 1. The van der Waals surface area contributed by atoms with E-state index in [2.05, 4.69) is 20.6 Å². The molecule has 1 atom stereocenters. The van der Waals surface area contributed by atoms with Crippen molar-refractivity contribution in [3.63, 3.8) is 0 Å². The van der Waals surface area contributed by atoms with Gasteiger partial charge in [0.25, 0.3) is 11.6 Å². The first-order valence-electron chi connectivity index (χ1n) is 7.71. The lowest BCUT2D eigenvalue weighted by molar-refractivity contribution is -0.384. The molecule has 0 aliphatic rings. The molecule has 1 aromatic carbocycles. The average Bonchev–Trinajstić information content (AvgIpc) is 3.15. The van der Waals surface area contributed by atoms with Crippen LogP contribution in [0, 0.1) is 10.1 Å². The van der Waals surface area contributed by atoms with Crippen molar-refractivity contribution < 1.29 is 9.72 Å². The lowest BCUT2D eigenvalue weighted by Gasteiger charge is -2.15. The first-order valence-corrected chi connectivity index (χ1v) is 8.59. The monoisotopic (exact) mass is 369 g/mol. The van der Waals surface area contributed by atoms with Gasteiger partial charge in [-0.1, -0.05) is 6.07 Å². The lowest BCUT2D eigenvalue weighted by Crippen LogP contribution is -2.13. The Labute approximate surface area is 153 Å². The van der Waals surface area contributed by atoms with E-state index in [1.807, 2.05) is 19.1 Å². The van der Waals surface area contributed by atoms with Gasteiger partial charge in [0.2, 0.25) is 0 Å². The van der Waals surface area contributed by atoms with Crippen molar-refractivity contribution in [1.82, 2.24) is 9.97 Å². The number of nitrogens with one attached hydrogen (secondary N) is 2. The predicted molar refractivity (Wildman–Crippen MR) is 99.4 cm³/mol. The summed E-state index contributed by atoms with van der Waals surface area (Å²) in [4.78, 5) is 31.4. The van der Waals surface area contributed by atoms with E-state index in [4.69, 9.17) is 0 Å². The Morgan fingerprint density at radius 1 is 1.23 bits per heavy atom. The molecular formula is C17H15N5O3S. The molecule has 1 unspecified atom stereocenters. The molecule has 0 radical (unpaired) electrons. The third-order valence-electron chi connectivity index (χ3n) is 3.61. The molecule has 0 fully saturated rings. The third-order valence-corrected chi connectivity index (χ3v) is 4.30. The Morgan fingerprint density at radius 3 is 2.73 bits per heavy atom. The van der Waals surface area contributed by atoms with Gasteiger partial charge in [-0.05, 0) is 31.2 Å². The zero-order valence-electron chi connectivity index (χ0n) is 13.7. The van der Waals surface area contributed by atoms with Crippen LogP contribution in [-0.2, 0) is 0 Å². The molecular weight excluding hydrogens is 354 g/mol. The minimum atomic E-state index is -0.520. The molecule has 0 saturated heterocycles. The third kappa shape index (κ3) is 4.01. The molecule has 2 N–H and O–H groups in total. The van der Waals surface area contributed by atoms with Gasteiger partial charge in [-0.2, -0.15) is 0 Å². The van der Waals surface area contributed by atoms with Crippen LogP contribution < -0.4 is 10.6 Å². The summed E-state index contributed by atoms with van der Waals surface area (Å²) >= 11 is 1.27. The van der Waals surface area contributed by atoms with E-state index in [9.17, 15) is 14.9 Å². The van der Waals surface area contributed by atoms with E-state index in [1.165, 1.54) is 29.5 Å². The van der Waals surface area contributed by atoms with Crippen LogP contribution in [0.15, 0.2) is 54.2 Å². The Bertz CT molecular complexity index is 915. The number of benzene rings is 1. The summed E-state index contributed by atoms with van der Waals surface area (Å²) in [6, 6.07) is 9.55. The zero-order valence-corrected chi connectivity index (χ0v) is 14.6. The standard InChI is InChI=1S/C17H15N5O3S/c1-11(13-4-2-3-7-18-13)20-14-6-5-12(10-15(14)22(24)25)16(23)21-17-19-8-9-26-17/h2-11,20H,1H3,(H,19,21,23). The van der Waals surface area contributed by atoms with Crippen LogP contribution >= 0.6 is 11.3 Å². The van der Waals surface area contributed by atoms with E-state index in [-0.39, 0.29) is 17.3 Å². The molecule has 0 aliphatic heterocycles. The van der Waals surface area contributed by atoms with Crippen molar-refractivity contribution in [2.75, 3.05) is 10.6 Å². The second-order valence-corrected chi connectivity index (χ2v) is 6.30. The van der Waals surface area contributed by atoms with Gasteiger partial charge in [-0.3, -0.25) is 25.2 Å². The number of anilines is 2. The number of amides is 1. The molecule has 3 rings (SSSR count). The van der Waals surface area contributed by atoms with E-state index in [0.29, 0.717) is 10.8 Å². The molecule has 132 valence electrons. The van der Waals surface area contributed by atoms with E-state index in [1.54, 1.807) is 23.8 Å². The normalized spacial score (nSPS) is 11.6. The lowest BCUT2D eigenvalue weighted by atomic mass is 10.1. The number of nitrogens with zero attached hydrogens (tertiary/aromatic N) is 3. The molecule has 0 spiro atoms. The summed E-state index contributed by atoms with van der Waals surface area (Å²) in [6.07, 6.45) is 3.22. The topological polar surface area (TPSA) is 110 Å². The molecule has 0 saturated carbocycles. The molecule has 3 aromatic rings. The summed E-state index contributed by atoms with van der Waals surface area (Å²) in [5.41, 5.74) is 1.08. The fraction of sp³-hybridized carbons (Fsp3) is 0.118. The van der Waals surface area contributed by atoms with Gasteiger partial charge in [-0.25, -0.2) is 4.98 Å². The van der Waals surface area contributed by atoms with Gasteiger partial charge in [0.1, 0.15) is 5.69 Å². The molecule has 9 heteroatoms. The highest BCUT2D eigenvalue weighted by Gasteiger charge is 2.20. The van der Waals surface area contributed by atoms with Crippen LogP contribution in [0.3, 0.4) is 0 Å². The molecule has 2 aromatic heterocycles. The second-order valence-electron chi connectivity index (χ2n) is 5.40. The highest BCUT2D eigenvalue weighted by atomic mass is 32.1. The highest BCUT2D eigenvalue weighted by Crippen LogP contribution is 2.29. The maximum absolute atomic E-state index is 12.2. The van der Waals surface area contributed by atoms with Crippen LogP contribution in [0.25, 0.3) is 0 Å². The number of hydrogen-bond acceptors (Lipinski definition) is 7. The Morgan fingerprint density at radius 2 is 2.08 bits per heavy atom. The molecule has 0 bridgehead atoms. The maximum atomic E-state index is 12.2. The minimum Gasteiger partial charge on any atom is -0.371 e. The smallest absolute Gasteiger partial charge is 0.293 e. The largest absolute Gasteiger partial charge is 0.371 e. The number of carbonyl (C=O) groups excluding carboxylic acids is 1. The van der Waals surface area contributed by atoms with Gasteiger partial charge in [0.15, 0.2) is 5.13 Å². The highest BCUT2D eigenvalue weighted by molar-refractivity contribution is 7.13. The number of rotatable bonds is 6. The van der Waals surface area contributed by atoms with E-state index in [0.717, 1.165) is 5.69 Å². The number of nitro groups is 1. The molecule has 2 heterocycles. The molecule has 1 amide bonds. The SMILES string of the molecule is CC(Nc1ccc(C(=O)Nc2nccs2)cc1[N+](=O)[O-])c1ccccn1. The number of aromatic nitrogens is 2. The Balaban J connectivity index is 1.83. The molecule has 26 heavy (non-hydrogen) atoms. The van der Waals surface area contributed by atoms with Crippen molar-refractivity contribution in [3.05, 3.63) is 75.5 Å². The van der Waals surface area contributed by atoms with Crippen molar-refractivity contribution in [1.29, 1.82) is 0 Å². The zero-order chi connectivity index (χ0) is 18.5. The van der Waals surface area contributed by atoms with Crippen LogP contribution in [0.2, 0.25) is 0 Å². The van der Waals surface area contributed by atoms with Crippen molar-refractivity contribution in [2.45, 2.75) is 13.0 Å². The van der Waals surface area contributed by atoms with Gasteiger partial charge in [0, 0.05) is 29.4 Å². The fourth-order valence-electron chi connectivity index (χ4n) is 2.34. The van der Waals surface area contributed by atoms with Crippen molar-refractivity contribution >= 4 is 33.8 Å². The van der Waals surface area contributed by atoms with Crippen LogP contribution in [0.4, 0.5) is 16.5 Å². The Hall–Kier alpha value is -3.33. The number of hydrogen-bond donors (Lipinski definition) is 2. The van der Waals surface area contributed by atoms with Gasteiger partial charge in [-0.15, -0.1) is 11.3 Å².